The lowest BCUT2D eigenvalue weighted by Gasteiger charge is -2.41. The van der Waals surface area contributed by atoms with E-state index in [9.17, 15) is 13.2 Å². The Bertz CT molecular complexity index is 1030. The van der Waals surface area contributed by atoms with Crippen molar-refractivity contribution in [3.05, 3.63) is 65.2 Å². The van der Waals surface area contributed by atoms with Crippen molar-refractivity contribution >= 4 is 15.9 Å². The summed E-state index contributed by atoms with van der Waals surface area (Å²) in [5, 5.41) is 3.03. The normalized spacial score (nSPS) is 19.1. The summed E-state index contributed by atoms with van der Waals surface area (Å²) in [6.07, 6.45) is 2.65. The van der Waals surface area contributed by atoms with Gasteiger partial charge in [0.25, 0.3) is 0 Å². The molecule has 30 heavy (non-hydrogen) atoms. The van der Waals surface area contributed by atoms with Crippen molar-refractivity contribution in [2.75, 3.05) is 26.3 Å². The van der Waals surface area contributed by atoms with Crippen molar-refractivity contribution in [3.63, 3.8) is 0 Å². The van der Waals surface area contributed by atoms with Crippen molar-refractivity contribution in [1.82, 2.24) is 9.62 Å². The largest absolute Gasteiger partial charge is 0.379 e. The van der Waals surface area contributed by atoms with Gasteiger partial charge in [-0.05, 0) is 37.0 Å². The van der Waals surface area contributed by atoms with Gasteiger partial charge in [-0.2, -0.15) is 4.31 Å². The number of morpholine rings is 1. The molecule has 1 aliphatic carbocycles. The molecule has 1 saturated carbocycles. The SMILES string of the molecule is Cc1cccc(C2(C(=O)NCc3ccccc3S(=O)(=O)N3CCOCC3)CCC2)c1. The summed E-state index contributed by atoms with van der Waals surface area (Å²) >= 11 is 0. The number of benzene rings is 2. The number of sulfonamides is 1. The average molecular weight is 429 g/mol. The van der Waals surface area contributed by atoms with Gasteiger partial charge in [-0.3, -0.25) is 4.79 Å². The molecule has 6 nitrogen and oxygen atoms in total. The Morgan fingerprint density at radius 2 is 1.83 bits per heavy atom. The Hall–Kier alpha value is -2.22. The maximum absolute atomic E-state index is 13.2. The highest BCUT2D eigenvalue weighted by Crippen LogP contribution is 2.44. The molecule has 1 aliphatic heterocycles. The van der Waals surface area contributed by atoms with Gasteiger partial charge in [0.2, 0.25) is 15.9 Å². The molecule has 2 aromatic rings. The first-order chi connectivity index (χ1) is 14.4. The van der Waals surface area contributed by atoms with Gasteiger partial charge in [-0.25, -0.2) is 8.42 Å². The third-order valence-electron chi connectivity index (χ3n) is 6.21. The number of carbonyl (C=O) groups is 1. The van der Waals surface area contributed by atoms with Crippen LogP contribution >= 0.6 is 0 Å². The molecule has 1 saturated heterocycles. The van der Waals surface area contributed by atoms with Crippen LogP contribution in [0.1, 0.15) is 36.0 Å². The first-order valence-corrected chi connectivity index (χ1v) is 11.9. The van der Waals surface area contributed by atoms with E-state index in [1.807, 2.05) is 25.1 Å². The molecular formula is C23H28N2O4S. The Balaban J connectivity index is 1.54. The van der Waals surface area contributed by atoms with Gasteiger partial charge in [0.15, 0.2) is 0 Å². The quantitative estimate of drug-likeness (QED) is 0.768. The van der Waals surface area contributed by atoms with E-state index in [0.29, 0.717) is 31.9 Å². The Morgan fingerprint density at radius 1 is 1.10 bits per heavy atom. The number of ether oxygens (including phenoxy) is 1. The monoisotopic (exact) mass is 428 g/mol. The number of nitrogens with zero attached hydrogens (tertiary/aromatic N) is 1. The molecule has 2 aromatic carbocycles. The summed E-state index contributed by atoms with van der Waals surface area (Å²) in [5.74, 6) is -0.0297. The molecule has 0 atom stereocenters. The third kappa shape index (κ3) is 3.89. The van der Waals surface area contributed by atoms with Crippen molar-refractivity contribution in [1.29, 1.82) is 0 Å². The van der Waals surface area contributed by atoms with Gasteiger partial charge in [-0.1, -0.05) is 54.4 Å². The van der Waals surface area contributed by atoms with E-state index < -0.39 is 15.4 Å². The molecule has 0 bridgehead atoms. The predicted molar refractivity (Wildman–Crippen MR) is 115 cm³/mol. The fourth-order valence-corrected chi connectivity index (χ4v) is 5.92. The molecule has 1 N–H and O–H groups in total. The van der Waals surface area contributed by atoms with Crippen LogP contribution in [0.4, 0.5) is 0 Å². The topological polar surface area (TPSA) is 75.7 Å². The van der Waals surface area contributed by atoms with Crippen LogP contribution in [0.25, 0.3) is 0 Å². The smallest absolute Gasteiger partial charge is 0.243 e. The van der Waals surface area contributed by atoms with E-state index in [4.69, 9.17) is 4.74 Å². The van der Waals surface area contributed by atoms with Gasteiger partial charge < -0.3 is 10.1 Å². The van der Waals surface area contributed by atoms with Crippen LogP contribution < -0.4 is 5.32 Å². The van der Waals surface area contributed by atoms with Crippen LogP contribution in [0.3, 0.4) is 0 Å². The van der Waals surface area contributed by atoms with E-state index in [1.165, 1.54) is 4.31 Å². The lowest BCUT2D eigenvalue weighted by Crippen LogP contribution is -2.49. The number of hydrogen-bond donors (Lipinski definition) is 1. The van der Waals surface area contributed by atoms with Crippen LogP contribution in [-0.4, -0.2) is 44.9 Å². The molecule has 0 aromatic heterocycles. The lowest BCUT2D eigenvalue weighted by atomic mass is 9.63. The minimum Gasteiger partial charge on any atom is -0.379 e. The first-order valence-electron chi connectivity index (χ1n) is 10.4. The fourth-order valence-electron chi connectivity index (χ4n) is 4.29. The summed E-state index contributed by atoms with van der Waals surface area (Å²) in [4.78, 5) is 13.5. The maximum Gasteiger partial charge on any atom is 0.243 e. The lowest BCUT2D eigenvalue weighted by molar-refractivity contribution is -0.130. The zero-order valence-corrected chi connectivity index (χ0v) is 18.1. The van der Waals surface area contributed by atoms with Gasteiger partial charge in [0.1, 0.15) is 0 Å². The summed E-state index contributed by atoms with van der Waals surface area (Å²) < 4.78 is 33.0. The van der Waals surface area contributed by atoms with E-state index >= 15 is 0 Å². The average Bonchev–Trinajstić information content (AvgIpc) is 2.72. The number of amides is 1. The Kier molecular flexibility index (Phi) is 5.95. The molecular weight excluding hydrogens is 400 g/mol. The van der Waals surface area contributed by atoms with E-state index in [-0.39, 0.29) is 17.3 Å². The molecule has 1 amide bonds. The standard InChI is InChI=1S/C23H28N2O4S/c1-18-6-4-8-20(16-18)23(10-5-11-23)22(26)24-17-19-7-2-3-9-21(19)30(27,28)25-12-14-29-15-13-25/h2-4,6-9,16H,5,10-15,17H2,1H3,(H,24,26). The van der Waals surface area contributed by atoms with Crippen LogP contribution in [0.5, 0.6) is 0 Å². The molecule has 0 radical (unpaired) electrons. The molecule has 160 valence electrons. The van der Waals surface area contributed by atoms with Gasteiger partial charge in [0.05, 0.1) is 23.5 Å². The van der Waals surface area contributed by atoms with Crippen molar-refractivity contribution < 1.29 is 17.9 Å². The highest BCUT2D eigenvalue weighted by molar-refractivity contribution is 7.89. The van der Waals surface area contributed by atoms with E-state index in [2.05, 4.69) is 11.4 Å². The number of nitrogens with one attached hydrogen (secondary N) is 1. The predicted octanol–water partition coefficient (Wildman–Crippen LogP) is 2.75. The second-order valence-corrected chi connectivity index (χ2v) is 10.0. The van der Waals surface area contributed by atoms with Crippen LogP contribution in [0.15, 0.2) is 53.4 Å². The van der Waals surface area contributed by atoms with Crippen LogP contribution in [-0.2, 0) is 31.5 Å². The minimum absolute atomic E-state index is 0.0297. The Morgan fingerprint density at radius 3 is 2.50 bits per heavy atom. The second kappa shape index (κ2) is 8.49. The van der Waals surface area contributed by atoms with Gasteiger partial charge >= 0.3 is 0 Å². The summed E-state index contributed by atoms with van der Waals surface area (Å²) in [6.45, 7) is 3.71. The maximum atomic E-state index is 13.2. The van der Waals surface area contributed by atoms with E-state index in [0.717, 1.165) is 30.4 Å². The molecule has 4 rings (SSSR count). The summed E-state index contributed by atoms with van der Waals surface area (Å²) in [6, 6.07) is 15.0. The fraction of sp³-hybridized carbons (Fsp3) is 0.435. The minimum atomic E-state index is -3.62. The Labute approximate surface area is 178 Å². The third-order valence-corrected chi connectivity index (χ3v) is 8.21. The van der Waals surface area contributed by atoms with Gasteiger partial charge in [-0.15, -0.1) is 0 Å². The number of hydrogen-bond acceptors (Lipinski definition) is 4. The van der Waals surface area contributed by atoms with Crippen molar-refractivity contribution in [2.24, 2.45) is 0 Å². The first kappa shape index (κ1) is 21.0. The number of aryl methyl sites for hydroxylation is 1. The van der Waals surface area contributed by atoms with E-state index in [1.54, 1.807) is 24.3 Å². The zero-order valence-electron chi connectivity index (χ0n) is 17.3. The number of carbonyl (C=O) groups excluding carboxylic acids is 1. The van der Waals surface area contributed by atoms with Crippen molar-refractivity contribution in [3.8, 4) is 0 Å². The molecule has 1 heterocycles. The molecule has 0 spiro atoms. The van der Waals surface area contributed by atoms with Crippen molar-refractivity contribution in [2.45, 2.75) is 43.0 Å². The van der Waals surface area contributed by atoms with Gasteiger partial charge in [0, 0.05) is 19.6 Å². The molecule has 2 fully saturated rings. The molecule has 7 heteroatoms. The summed E-state index contributed by atoms with van der Waals surface area (Å²) in [5.41, 5.74) is 2.27. The number of rotatable bonds is 6. The zero-order chi connectivity index (χ0) is 21.2. The van der Waals surface area contributed by atoms with Crippen LogP contribution in [0, 0.1) is 6.92 Å². The highest BCUT2D eigenvalue weighted by Gasteiger charge is 2.45. The molecule has 2 aliphatic rings. The van der Waals surface area contributed by atoms with Crippen LogP contribution in [0.2, 0.25) is 0 Å². The highest BCUT2D eigenvalue weighted by atomic mass is 32.2. The summed E-state index contributed by atoms with van der Waals surface area (Å²) in [7, 11) is -3.62. The molecule has 0 unspecified atom stereocenters. The second-order valence-electron chi connectivity index (χ2n) is 8.11.